The lowest BCUT2D eigenvalue weighted by Crippen LogP contribution is -2.09. The second kappa shape index (κ2) is 5.10. The maximum Gasteiger partial charge on any atom is 0.272 e. The predicted molar refractivity (Wildman–Crippen MR) is 83.0 cm³/mol. The van der Waals surface area contributed by atoms with Crippen molar-refractivity contribution in [2.45, 2.75) is 6.92 Å². The van der Waals surface area contributed by atoms with E-state index >= 15 is 0 Å². The molecule has 0 amide bonds. The molecule has 3 rings (SSSR count). The number of aryl methyl sites for hydroxylation is 1. The first-order valence-electron chi connectivity index (χ1n) is 6.27. The minimum atomic E-state index is -0.266. The molecule has 0 radical (unpaired) electrons. The van der Waals surface area contributed by atoms with Crippen molar-refractivity contribution in [1.82, 2.24) is 10.2 Å². The zero-order valence-corrected chi connectivity index (χ0v) is 11.9. The molecule has 0 bridgehead atoms. The maximum absolute atomic E-state index is 11.7. The van der Waals surface area contributed by atoms with Gasteiger partial charge in [-0.05, 0) is 36.8 Å². The van der Waals surface area contributed by atoms with E-state index in [0.29, 0.717) is 33.1 Å². The fraction of sp³-hybridized carbons (Fsp3) is 0.0667. The highest BCUT2D eigenvalue weighted by molar-refractivity contribution is 6.32. The summed E-state index contributed by atoms with van der Waals surface area (Å²) in [4.78, 5) is 11.7. The number of hydrogen-bond donors (Lipinski definition) is 2. The van der Waals surface area contributed by atoms with Crippen LogP contribution in [0.4, 0.5) is 5.69 Å². The molecule has 5 nitrogen and oxygen atoms in total. The van der Waals surface area contributed by atoms with Crippen LogP contribution in [0.5, 0.6) is 11.6 Å². The molecule has 6 heteroatoms. The third kappa shape index (κ3) is 2.43. The van der Waals surface area contributed by atoms with E-state index in [2.05, 4.69) is 10.2 Å². The van der Waals surface area contributed by atoms with Gasteiger partial charge in [0.25, 0.3) is 5.56 Å². The number of benzene rings is 2. The number of ether oxygens (including phenoxy) is 1. The largest absolute Gasteiger partial charge is 0.435 e. The van der Waals surface area contributed by atoms with Gasteiger partial charge in [0.2, 0.25) is 5.88 Å². The van der Waals surface area contributed by atoms with Crippen LogP contribution in [-0.2, 0) is 0 Å². The quantitative estimate of drug-likeness (QED) is 0.712. The van der Waals surface area contributed by atoms with Gasteiger partial charge < -0.3 is 10.5 Å². The van der Waals surface area contributed by atoms with Crippen LogP contribution in [0.2, 0.25) is 5.02 Å². The Morgan fingerprint density at radius 1 is 1.24 bits per heavy atom. The number of anilines is 1. The van der Waals surface area contributed by atoms with Crippen molar-refractivity contribution in [3.05, 3.63) is 57.3 Å². The van der Waals surface area contributed by atoms with E-state index in [1.807, 2.05) is 13.0 Å². The molecule has 21 heavy (non-hydrogen) atoms. The van der Waals surface area contributed by atoms with Gasteiger partial charge in [-0.25, -0.2) is 5.10 Å². The monoisotopic (exact) mass is 301 g/mol. The number of nitrogens with zero attached hydrogens (tertiary/aromatic N) is 1. The van der Waals surface area contributed by atoms with E-state index < -0.39 is 0 Å². The average molecular weight is 302 g/mol. The number of halogens is 1. The molecule has 2 aromatic carbocycles. The van der Waals surface area contributed by atoms with Gasteiger partial charge in [-0.1, -0.05) is 23.7 Å². The van der Waals surface area contributed by atoms with E-state index in [4.69, 9.17) is 22.1 Å². The van der Waals surface area contributed by atoms with Gasteiger partial charge in [-0.3, -0.25) is 4.79 Å². The van der Waals surface area contributed by atoms with Crippen LogP contribution in [0, 0.1) is 6.92 Å². The zero-order valence-electron chi connectivity index (χ0n) is 11.2. The van der Waals surface area contributed by atoms with Crippen LogP contribution < -0.4 is 16.0 Å². The van der Waals surface area contributed by atoms with E-state index in [9.17, 15) is 4.79 Å². The first kappa shape index (κ1) is 13.5. The van der Waals surface area contributed by atoms with E-state index in [1.165, 1.54) is 0 Å². The van der Waals surface area contributed by atoms with Gasteiger partial charge in [-0.15, -0.1) is 5.10 Å². The van der Waals surface area contributed by atoms with E-state index in [1.54, 1.807) is 30.3 Å². The summed E-state index contributed by atoms with van der Waals surface area (Å²) in [5.74, 6) is 0.760. The Morgan fingerprint density at radius 3 is 2.67 bits per heavy atom. The highest BCUT2D eigenvalue weighted by Gasteiger charge is 2.12. The molecule has 1 heterocycles. The number of nitrogens with two attached hydrogens (primary N) is 1. The summed E-state index contributed by atoms with van der Waals surface area (Å²) in [5, 5.41) is 7.89. The molecule has 0 saturated heterocycles. The molecule has 0 fully saturated rings. The summed E-state index contributed by atoms with van der Waals surface area (Å²) in [5.41, 5.74) is 6.81. The molecule has 0 aliphatic rings. The number of H-pyrrole nitrogens is 1. The van der Waals surface area contributed by atoms with Crippen LogP contribution in [0.25, 0.3) is 10.8 Å². The van der Waals surface area contributed by atoms with Crippen molar-refractivity contribution in [2.75, 3.05) is 5.73 Å². The third-order valence-electron chi connectivity index (χ3n) is 3.11. The third-order valence-corrected chi connectivity index (χ3v) is 3.39. The van der Waals surface area contributed by atoms with Crippen molar-refractivity contribution < 1.29 is 4.74 Å². The molecular weight excluding hydrogens is 290 g/mol. The number of nitrogens with one attached hydrogen (secondary N) is 1. The molecule has 0 atom stereocenters. The van der Waals surface area contributed by atoms with E-state index in [-0.39, 0.29) is 5.56 Å². The van der Waals surface area contributed by atoms with Crippen LogP contribution in [-0.4, -0.2) is 10.2 Å². The van der Waals surface area contributed by atoms with Crippen LogP contribution in [0.3, 0.4) is 0 Å². The van der Waals surface area contributed by atoms with Gasteiger partial charge in [0, 0.05) is 5.69 Å². The first-order valence-corrected chi connectivity index (χ1v) is 6.65. The molecule has 3 N–H and O–H groups in total. The number of hydrogen-bond acceptors (Lipinski definition) is 4. The number of rotatable bonds is 2. The average Bonchev–Trinajstić information content (AvgIpc) is 2.45. The van der Waals surface area contributed by atoms with Crippen molar-refractivity contribution in [3.63, 3.8) is 0 Å². The Bertz CT molecular complexity index is 866. The zero-order chi connectivity index (χ0) is 15.0. The summed E-state index contributed by atoms with van der Waals surface area (Å²) in [6.45, 7) is 1.84. The minimum Gasteiger partial charge on any atom is -0.435 e. The highest BCUT2D eigenvalue weighted by atomic mass is 35.5. The molecule has 1 aromatic heterocycles. The van der Waals surface area contributed by atoms with Gasteiger partial charge >= 0.3 is 0 Å². The molecule has 0 aliphatic carbocycles. The van der Waals surface area contributed by atoms with Crippen LogP contribution >= 0.6 is 11.6 Å². The Kier molecular flexibility index (Phi) is 3.27. The SMILES string of the molecule is Cc1cc(N)cc(Cl)c1Oc1n[nH]c(=O)c2ccccc12. The molecule has 0 saturated carbocycles. The van der Waals surface area contributed by atoms with Crippen molar-refractivity contribution in [1.29, 1.82) is 0 Å². The number of aromatic amines is 1. The smallest absolute Gasteiger partial charge is 0.272 e. The standard InChI is InChI=1S/C15H12ClN3O2/c1-8-6-9(17)7-12(16)13(8)21-15-11-5-3-2-4-10(11)14(20)18-19-15/h2-7H,17H2,1H3,(H,18,20). The number of fused-ring (bicyclic) bond motifs is 1. The molecule has 0 aliphatic heterocycles. The maximum atomic E-state index is 11.7. The summed E-state index contributed by atoms with van der Waals surface area (Å²) < 4.78 is 5.79. The number of nitrogen functional groups attached to an aromatic ring is 1. The van der Waals surface area contributed by atoms with Gasteiger partial charge in [-0.2, -0.15) is 0 Å². The predicted octanol–water partition coefficient (Wildman–Crippen LogP) is 3.26. The second-order valence-corrected chi connectivity index (χ2v) is 5.06. The minimum absolute atomic E-state index is 0.266. The fourth-order valence-electron chi connectivity index (χ4n) is 2.15. The number of aromatic nitrogens is 2. The lowest BCUT2D eigenvalue weighted by molar-refractivity contribution is 0.458. The fourth-order valence-corrected chi connectivity index (χ4v) is 2.46. The van der Waals surface area contributed by atoms with Gasteiger partial charge in [0.1, 0.15) is 0 Å². The van der Waals surface area contributed by atoms with Crippen LogP contribution in [0.1, 0.15) is 5.56 Å². The molecule has 0 spiro atoms. The lowest BCUT2D eigenvalue weighted by Gasteiger charge is -2.11. The van der Waals surface area contributed by atoms with Crippen molar-refractivity contribution >= 4 is 28.1 Å². The molecule has 0 unspecified atom stereocenters. The Balaban J connectivity index is 2.16. The van der Waals surface area contributed by atoms with Crippen molar-refractivity contribution in [3.8, 4) is 11.6 Å². The Labute approximate surface area is 125 Å². The van der Waals surface area contributed by atoms with Crippen LogP contribution in [0.15, 0.2) is 41.2 Å². The van der Waals surface area contributed by atoms with Gasteiger partial charge in [0.05, 0.1) is 15.8 Å². The topological polar surface area (TPSA) is 81.0 Å². The Morgan fingerprint density at radius 2 is 1.95 bits per heavy atom. The second-order valence-electron chi connectivity index (χ2n) is 4.65. The summed E-state index contributed by atoms with van der Waals surface area (Å²) >= 11 is 6.16. The first-order chi connectivity index (χ1) is 10.1. The molecular formula is C15H12ClN3O2. The summed E-state index contributed by atoms with van der Waals surface area (Å²) in [6, 6.07) is 10.4. The highest BCUT2D eigenvalue weighted by Crippen LogP contribution is 2.35. The molecule has 3 aromatic rings. The summed E-state index contributed by atoms with van der Waals surface area (Å²) in [6.07, 6.45) is 0. The van der Waals surface area contributed by atoms with Gasteiger partial charge in [0.15, 0.2) is 5.75 Å². The normalized spacial score (nSPS) is 10.8. The summed E-state index contributed by atoms with van der Waals surface area (Å²) in [7, 11) is 0. The Hall–Kier alpha value is -2.53. The van der Waals surface area contributed by atoms with E-state index in [0.717, 1.165) is 5.56 Å². The lowest BCUT2D eigenvalue weighted by atomic mass is 10.2. The van der Waals surface area contributed by atoms with Crippen molar-refractivity contribution in [2.24, 2.45) is 0 Å². The molecule has 106 valence electrons.